The molecular formula is C16H19NO2. The third-order valence-electron chi connectivity index (χ3n) is 3.70. The van der Waals surface area contributed by atoms with Crippen molar-refractivity contribution in [2.24, 2.45) is 5.41 Å². The van der Waals surface area contributed by atoms with Crippen LogP contribution >= 0.6 is 0 Å². The largest absolute Gasteiger partial charge is 0.384 e. The van der Waals surface area contributed by atoms with Gasteiger partial charge in [0.05, 0.1) is 0 Å². The minimum absolute atomic E-state index is 0.0410. The number of carbonyl (C=O) groups excluding carboxylic acids is 1. The van der Waals surface area contributed by atoms with E-state index in [0.29, 0.717) is 5.56 Å². The molecule has 100 valence electrons. The molecule has 1 aromatic rings. The molecule has 3 nitrogen and oxygen atoms in total. The van der Waals surface area contributed by atoms with E-state index < -0.39 is 0 Å². The summed E-state index contributed by atoms with van der Waals surface area (Å²) in [5.74, 6) is 5.43. The molecule has 19 heavy (non-hydrogen) atoms. The Balaban J connectivity index is 2.18. The predicted octanol–water partition coefficient (Wildman–Crippen LogP) is 1.87. The maximum Gasteiger partial charge on any atom is 0.251 e. The van der Waals surface area contributed by atoms with Crippen LogP contribution in [0.5, 0.6) is 0 Å². The summed E-state index contributed by atoms with van der Waals surface area (Å²) in [6, 6.07) is 5.76. The van der Waals surface area contributed by atoms with Crippen molar-refractivity contribution in [3.63, 3.8) is 0 Å². The van der Waals surface area contributed by atoms with E-state index in [0.717, 1.165) is 17.5 Å². The third kappa shape index (κ3) is 2.97. The Morgan fingerprint density at radius 3 is 2.79 bits per heavy atom. The molecule has 1 atom stereocenters. The van der Waals surface area contributed by atoms with Crippen molar-refractivity contribution in [3.05, 3.63) is 34.9 Å². The van der Waals surface area contributed by atoms with Gasteiger partial charge in [0.25, 0.3) is 5.91 Å². The maximum atomic E-state index is 12.2. The molecule has 1 unspecified atom stereocenters. The molecule has 1 fully saturated rings. The Kier molecular flexibility index (Phi) is 3.64. The average Bonchev–Trinajstić information content (AvgIpc) is 2.95. The van der Waals surface area contributed by atoms with Crippen LogP contribution in [-0.2, 0) is 0 Å². The van der Waals surface area contributed by atoms with Gasteiger partial charge in [0, 0.05) is 17.2 Å². The first-order chi connectivity index (χ1) is 8.95. The van der Waals surface area contributed by atoms with Crippen molar-refractivity contribution < 1.29 is 9.90 Å². The van der Waals surface area contributed by atoms with Crippen molar-refractivity contribution in [2.45, 2.75) is 33.2 Å². The first-order valence-electron chi connectivity index (χ1n) is 6.46. The van der Waals surface area contributed by atoms with Crippen molar-refractivity contribution in [2.75, 3.05) is 6.61 Å². The summed E-state index contributed by atoms with van der Waals surface area (Å²) < 4.78 is 0. The molecule has 0 aliphatic heterocycles. The fourth-order valence-corrected chi connectivity index (χ4v) is 2.10. The van der Waals surface area contributed by atoms with Crippen molar-refractivity contribution >= 4 is 5.91 Å². The second-order valence-electron chi connectivity index (χ2n) is 5.66. The molecule has 2 rings (SSSR count). The summed E-state index contributed by atoms with van der Waals surface area (Å²) >= 11 is 0. The van der Waals surface area contributed by atoms with Crippen LogP contribution < -0.4 is 5.32 Å². The van der Waals surface area contributed by atoms with Gasteiger partial charge in [-0.05, 0) is 36.5 Å². The van der Waals surface area contributed by atoms with E-state index in [1.165, 1.54) is 0 Å². The number of benzene rings is 1. The van der Waals surface area contributed by atoms with Crippen LogP contribution in [0.3, 0.4) is 0 Å². The van der Waals surface area contributed by atoms with Crippen molar-refractivity contribution in [1.29, 1.82) is 0 Å². The predicted molar refractivity (Wildman–Crippen MR) is 74.8 cm³/mol. The van der Waals surface area contributed by atoms with Gasteiger partial charge in [-0.25, -0.2) is 0 Å². The molecule has 0 heterocycles. The molecule has 1 saturated carbocycles. The maximum absolute atomic E-state index is 12.2. The Hall–Kier alpha value is -1.79. The summed E-state index contributed by atoms with van der Waals surface area (Å²) in [5, 5.41) is 11.8. The molecular weight excluding hydrogens is 238 g/mol. The van der Waals surface area contributed by atoms with Gasteiger partial charge < -0.3 is 10.4 Å². The lowest BCUT2D eigenvalue weighted by molar-refractivity contribution is 0.0945. The van der Waals surface area contributed by atoms with Gasteiger partial charge in [-0.2, -0.15) is 0 Å². The van der Waals surface area contributed by atoms with Gasteiger partial charge >= 0.3 is 0 Å². The number of carbonyl (C=O) groups is 1. The van der Waals surface area contributed by atoms with E-state index in [-0.39, 0.29) is 24.0 Å². The molecule has 3 heteroatoms. The standard InChI is InChI=1S/C16H19NO2/c1-11-12(7-5-9-18)6-4-8-13(11)15(19)17-14-10-16(14,2)3/h4,6,8,14,18H,9-10H2,1-3H3,(H,17,19). The highest BCUT2D eigenvalue weighted by Crippen LogP contribution is 2.44. The van der Waals surface area contributed by atoms with E-state index in [9.17, 15) is 4.79 Å². The summed E-state index contributed by atoms with van der Waals surface area (Å²) in [6.07, 6.45) is 1.03. The van der Waals surface area contributed by atoms with Crippen LogP contribution in [0.2, 0.25) is 0 Å². The second-order valence-corrected chi connectivity index (χ2v) is 5.66. The minimum Gasteiger partial charge on any atom is -0.384 e. The van der Waals surface area contributed by atoms with Crippen LogP contribution in [0.1, 0.15) is 41.8 Å². The van der Waals surface area contributed by atoms with Gasteiger partial charge in [-0.1, -0.05) is 31.8 Å². The van der Waals surface area contributed by atoms with E-state index in [1.54, 1.807) is 0 Å². The van der Waals surface area contributed by atoms with Crippen LogP contribution in [0, 0.1) is 24.2 Å². The lowest BCUT2D eigenvalue weighted by Crippen LogP contribution is -2.29. The smallest absolute Gasteiger partial charge is 0.251 e. The van der Waals surface area contributed by atoms with E-state index in [1.807, 2.05) is 25.1 Å². The first-order valence-corrected chi connectivity index (χ1v) is 6.46. The summed E-state index contributed by atoms with van der Waals surface area (Å²) in [4.78, 5) is 12.2. The van der Waals surface area contributed by atoms with Crippen molar-refractivity contribution in [3.8, 4) is 11.8 Å². The topological polar surface area (TPSA) is 49.3 Å². The van der Waals surface area contributed by atoms with Crippen LogP contribution in [0.4, 0.5) is 0 Å². The summed E-state index contributed by atoms with van der Waals surface area (Å²) in [5.41, 5.74) is 2.53. The van der Waals surface area contributed by atoms with Gasteiger partial charge in [0.1, 0.15) is 6.61 Å². The fraction of sp³-hybridized carbons (Fsp3) is 0.438. The third-order valence-corrected chi connectivity index (χ3v) is 3.70. The number of hydrogen-bond donors (Lipinski definition) is 2. The highest BCUT2D eigenvalue weighted by atomic mass is 16.2. The molecule has 0 spiro atoms. The Bertz CT molecular complexity index is 564. The molecule has 1 aromatic carbocycles. The fourth-order valence-electron chi connectivity index (χ4n) is 2.10. The molecule has 1 aliphatic rings. The van der Waals surface area contributed by atoms with E-state index in [2.05, 4.69) is 31.0 Å². The monoisotopic (exact) mass is 257 g/mol. The van der Waals surface area contributed by atoms with Crippen LogP contribution in [0.25, 0.3) is 0 Å². The molecule has 1 aliphatic carbocycles. The number of hydrogen-bond acceptors (Lipinski definition) is 2. The quantitative estimate of drug-likeness (QED) is 0.795. The van der Waals surface area contributed by atoms with Crippen molar-refractivity contribution in [1.82, 2.24) is 5.32 Å². The number of nitrogens with one attached hydrogen (secondary N) is 1. The zero-order chi connectivity index (χ0) is 14.0. The van der Waals surface area contributed by atoms with Crippen LogP contribution in [-0.4, -0.2) is 23.7 Å². The van der Waals surface area contributed by atoms with Gasteiger partial charge in [-0.3, -0.25) is 4.79 Å². The average molecular weight is 257 g/mol. The first kappa shape index (κ1) is 13.6. The highest BCUT2D eigenvalue weighted by molar-refractivity contribution is 5.96. The molecule has 0 saturated heterocycles. The molecule has 2 N–H and O–H groups in total. The molecule has 1 amide bonds. The van der Waals surface area contributed by atoms with Gasteiger partial charge in [0.2, 0.25) is 0 Å². The normalized spacial score (nSPS) is 19.3. The number of rotatable bonds is 2. The van der Waals surface area contributed by atoms with E-state index in [4.69, 9.17) is 5.11 Å². The van der Waals surface area contributed by atoms with Crippen LogP contribution in [0.15, 0.2) is 18.2 Å². The Morgan fingerprint density at radius 2 is 2.21 bits per heavy atom. The lowest BCUT2D eigenvalue weighted by atomic mass is 10.0. The molecule has 0 bridgehead atoms. The summed E-state index contributed by atoms with van der Waals surface area (Å²) in [7, 11) is 0. The zero-order valence-corrected chi connectivity index (χ0v) is 11.6. The minimum atomic E-state index is -0.174. The Morgan fingerprint density at radius 1 is 1.53 bits per heavy atom. The van der Waals surface area contributed by atoms with Gasteiger partial charge in [-0.15, -0.1) is 0 Å². The molecule has 0 aromatic heterocycles. The second kappa shape index (κ2) is 5.07. The Labute approximate surface area is 114 Å². The van der Waals surface area contributed by atoms with E-state index >= 15 is 0 Å². The highest BCUT2D eigenvalue weighted by Gasteiger charge is 2.46. The van der Waals surface area contributed by atoms with Gasteiger partial charge in [0.15, 0.2) is 0 Å². The lowest BCUT2D eigenvalue weighted by Gasteiger charge is -2.10. The number of aliphatic hydroxyl groups is 1. The number of aliphatic hydroxyl groups excluding tert-OH is 1. The zero-order valence-electron chi connectivity index (χ0n) is 11.6. The summed E-state index contributed by atoms with van der Waals surface area (Å²) in [6.45, 7) is 6.00. The SMILES string of the molecule is Cc1c(C#CCO)cccc1C(=O)NC1CC1(C)C. The number of amides is 1. The molecule has 0 radical (unpaired) electrons.